The molecule has 2 amide bonds. The summed E-state index contributed by atoms with van der Waals surface area (Å²) in [6.07, 6.45) is 6.72. The van der Waals surface area contributed by atoms with Gasteiger partial charge >= 0.3 is 0 Å². The normalized spacial score (nSPS) is 20.0. The number of aromatic nitrogens is 4. The standard InChI is InChI=1S/C32H34N8O2S2/c33-18-22-7-1-5-20(13-22)15-27(41)35-31-39-37-29(43-31)24-9-3-10-25(17-24)30-38-40-32(44-30)36-28(42)16-21-6-2-8-23(14-21)26-11-4-12-34-19-26/h1-2,5-8,13-14,24-26,34H,3-4,9-12,15-17,19H2,(H,35,39,41)(H,36,40,42). The van der Waals surface area contributed by atoms with Gasteiger partial charge in [-0.2, -0.15) is 5.26 Å². The molecule has 1 aliphatic heterocycles. The quantitative estimate of drug-likeness (QED) is 0.220. The summed E-state index contributed by atoms with van der Waals surface area (Å²) in [4.78, 5) is 25.4. The van der Waals surface area contributed by atoms with E-state index in [1.807, 2.05) is 18.2 Å². The van der Waals surface area contributed by atoms with Crippen molar-refractivity contribution in [2.75, 3.05) is 23.7 Å². The van der Waals surface area contributed by atoms with E-state index in [2.05, 4.69) is 54.5 Å². The van der Waals surface area contributed by atoms with Crippen LogP contribution in [0.25, 0.3) is 0 Å². The Balaban J connectivity index is 1.01. The number of nitrogens with zero attached hydrogens (tertiary/aromatic N) is 5. The van der Waals surface area contributed by atoms with E-state index in [0.29, 0.717) is 28.2 Å². The lowest BCUT2D eigenvalue weighted by molar-refractivity contribution is -0.116. The van der Waals surface area contributed by atoms with Gasteiger partial charge < -0.3 is 16.0 Å². The summed E-state index contributed by atoms with van der Waals surface area (Å²) in [7, 11) is 0. The third-order valence-electron chi connectivity index (χ3n) is 8.25. The van der Waals surface area contributed by atoms with E-state index in [1.54, 1.807) is 18.2 Å². The largest absolute Gasteiger partial charge is 0.316 e. The Morgan fingerprint density at radius 2 is 1.43 bits per heavy atom. The summed E-state index contributed by atoms with van der Waals surface area (Å²) in [6, 6.07) is 17.5. The molecule has 0 bridgehead atoms. The molecule has 44 heavy (non-hydrogen) atoms. The third kappa shape index (κ3) is 7.72. The fourth-order valence-electron chi connectivity index (χ4n) is 6.08. The highest BCUT2D eigenvalue weighted by Gasteiger charge is 2.29. The minimum atomic E-state index is -0.193. The first-order valence-corrected chi connectivity index (χ1v) is 16.7. The van der Waals surface area contributed by atoms with E-state index in [-0.39, 0.29) is 30.1 Å². The maximum atomic E-state index is 12.9. The van der Waals surface area contributed by atoms with Gasteiger partial charge in [0.1, 0.15) is 10.0 Å². The molecule has 1 saturated carbocycles. The van der Waals surface area contributed by atoms with E-state index < -0.39 is 0 Å². The summed E-state index contributed by atoms with van der Waals surface area (Å²) in [5.41, 5.74) is 3.60. The van der Waals surface area contributed by atoms with Crippen molar-refractivity contribution in [2.45, 2.75) is 69.1 Å². The number of benzene rings is 2. The maximum absolute atomic E-state index is 12.9. The Morgan fingerprint density at radius 3 is 2.05 bits per heavy atom. The fourth-order valence-corrected chi connectivity index (χ4v) is 7.89. The molecule has 2 aliphatic rings. The van der Waals surface area contributed by atoms with Gasteiger partial charge in [0.05, 0.1) is 24.5 Å². The predicted octanol–water partition coefficient (Wildman–Crippen LogP) is 5.53. The van der Waals surface area contributed by atoms with Crippen molar-refractivity contribution in [1.29, 1.82) is 5.26 Å². The van der Waals surface area contributed by atoms with Crippen molar-refractivity contribution < 1.29 is 9.59 Å². The molecule has 4 aromatic rings. The van der Waals surface area contributed by atoms with Crippen LogP contribution >= 0.6 is 22.7 Å². The first-order chi connectivity index (χ1) is 21.5. The average Bonchev–Trinajstić information content (AvgIpc) is 3.72. The van der Waals surface area contributed by atoms with Gasteiger partial charge in [-0.3, -0.25) is 9.59 Å². The van der Waals surface area contributed by atoms with Crippen molar-refractivity contribution >= 4 is 44.8 Å². The first kappa shape index (κ1) is 30.0. The second-order valence-corrected chi connectivity index (χ2v) is 13.5. The fraction of sp³-hybridized carbons (Fsp3) is 0.406. The maximum Gasteiger partial charge on any atom is 0.230 e. The van der Waals surface area contributed by atoms with Crippen molar-refractivity contribution in [3.8, 4) is 6.07 Å². The summed E-state index contributed by atoms with van der Waals surface area (Å²) >= 11 is 2.85. The minimum absolute atomic E-state index is 0.0886. The number of hydrogen-bond donors (Lipinski definition) is 3. The second kappa shape index (κ2) is 14.2. The van der Waals surface area contributed by atoms with Crippen LogP contribution in [0, 0.1) is 11.3 Å². The predicted molar refractivity (Wildman–Crippen MR) is 171 cm³/mol. The third-order valence-corrected chi connectivity index (χ3v) is 10.3. The van der Waals surface area contributed by atoms with Crippen molar-refractivity contribution in [3.05, 3.63) is 80.8 Å². The Bertz CT molecular complexity index is 1660. The lowest BCUT2D eigenvalue weighted by Gasteiger charge is -2.25. The zero-order valence-electron chi connectivity index (χ0n) is 24.3. The van der Waals surface area contributed by atoms with E-state index in [0.717, 1.165) is 59.9 Å². The van der Waals surface area contributed by atoms with Crippen molar-refractivity contribution in [2.24, 2.45) is 0 Å². The van der Waals surface area contributed by atoms with Gasteiger partial charge in [0.15, 0.2) is 0 Å². The molecule has 12 heteroatoms. The minimum Gasteiger partial charge on any atom is -0.316 e. The van der Waals surface area contributed by atoms with Crippen molar-refractivity contribution in [1.82, 2.24) is 25.7 Å². The number of rotatable bonds is 9. The molecule has 0 spiro atoms. The van der Waals surface area contributed by atoms with E-state index in [1.165, 1.54) is 41.1 Å². The Kier molecular flexibility index (Phi) is 9.65. The molecule has 2 aromatic carbocycles. The van der Waals surface area contributed by atoms with Crippen LogP contribution in [0.1, 0.15) is 88.5 Å². The highest BCUT2D eigenvalue weighted by atomic mass is 32.1. The molecule has 3 heterocycles. The summed E-state index contributed by atoms with van der Waals surface area (Å²) in [6.45, 7) is 2.07. The second-order valence-electron chi connectivity index (χ2n) is 11.5. The molecule has 2 fully saturated rings. The summed E-state index contributed by atoms with van der Waals surface area (Å²) in [5, 5.41) is 38.5. The van der Waals surface area contributed by atoms with Crippen LogP contribution in [-0.2, 0) is 22.4 Å². The van der Waals surface area contributed by atoms with Gasteiger partial charge in [0.2, 0.25) is 22.1 Å². The number of nitriles is 1. The van der Waals surface area contributed by atoms with Gasteiger partial charge in [-0.25, -0.2) is 0 Å². The van der Waals surface area contributed by atoms with E-state index in [4.69, 9.17) is 5.26 Å². The molecule has 3 unspecified atom stereocenters. The molecule has 2 aromatic heterocycles. The molecule has 1 aliphatic carbocycles. The number of anilines is 2. The van der Waals surface area contributed by atoms with Gasteiger partial charge in [0, 0.05) is 18.4 Å². The smallest absolute Gasteiger partial charge is 0.230 e. The average molecular weight is 627 g/mol. The lowest BCUT2D eigenvalue weighted by atomic mass is 9.82. The molecule has 226 valence electrons. The summed E-state index contributed by atoms with van der Waals surface area (Å²) < 4.78 is 0. The van der Waals surface area contributed by atoms with E-state index in [9.17, 15) is 9.59 Å². The van der Waals surface area contributed by atoms with Crippen LogP contribution < -0.4 is 16.0 Å². The first-order valence-electron chi connectivity index (χ1n) is 15.1. The Labute approximate surface area is 264 Å². The lowest BCUT2D eigenvalue weighted by Crippen LogP contribution is -2.28. The van der Waals surface area contributed by atoms with Gasteiger partial charge in [-0.1, -0.05) is 65.5 Å². The molecule has 1 saturated heterocycles. The number of amides is 2. The van der Waals surface area contributed by atoms with Crippen LogP contribution in [0.15, 0.2) is 48.5 Å². The summed E-state index contributed by atoms with van der Waals surface area (Å²) in [5.74, 6) is 0.669. The number of carbonyl (C=O) groups excluding carboxylic acids is 2. The van der Waals surface area contributed by atoms with Crippen molar-refractivity contribution in [3.63, 3.8) is 0 Å². The number of hydrogen-bond acceptors (Lipinski definition) is 10. The highest BCUT2D eigenvalue weighted by Crippen LogP contribution is 2.43. The molecule has 6 rings (SSSR count). The van der Waals surface area contributed by atoms with Crippen LogP contribution in [0.4, 0.5) is 10.3 Å². The molecular weight excluding hydrogens is 593 g/mol. The van der Waals surface area contributed by atoms with Gasteiger partial charge in [-0.15, -0.1) is 20.4 Å². The van der Waals surface area contributed by atoms with Crippen LogP contribution in [0.2, 0.25) is 0 Å². The molecular formula is C32H34N8O2S2. The zero-order chi connectivity index (χ0) is 30.3. The van der Waals surface area contributed by atoms with Crippen LogP contribution in [0.5, 0.6) is 0 Å². The Morgan fingerprint density at radius 1 is 0.818 bits per heavy atom. The van der Waals surface area contributed by atoms with Gasteiger partial charge in [0.25, 0.3) is 0 Å². The number of nitrogens with one attached hydrogen (secondary N) is 3. The molecule has 0 radical (unpaired) electrons. The van der Waals surface area contributed by atoms with E-state index >= 15 is 0 Å². The highest BCUT2D eigenvalue weighted by molar-refractivity contribution is 7.15. The van der Waals surface area contributed by atoms with Gasteiger partial charge in [-0.05, 0) is 73.4 Å². The molecule has 3 N–H and O–H groups in total. The Hall–Kier alpha value is -4.05. The zero-order valence-corrected chi connectivity index (χ0v) is 25.9. The monoisotopic (exact) mass is 626 g/mol. The molecule has 3 atom stereocenters. The number of carbonyl (C=O) groups is 2. The van der Waals surface area contributed by atoms with Crippen LogP contribution in [0.3, 0.4) is 0 Å². The molecule has 10 nitrogen and oxygen atoms in total. The topological polar surface area (TPSA) is 146 Å². The SMILES string of the molecule is N#Cc1cccc(CC(=O)Nc2nnc(C3CCCC(c4nnc(NC(=O)Cc5cccc(C6CCCNC6)c5)s4)C3)s2)c1. The van der Waals surface area contributed by atoms with Crippen LogP contribution in [-0.4, -0.2) is 45.3 Å². The number of piperidine rings is 1.